The number of hydrogen-bond acceptors (Lipinski definition) is 6. The Morgan fingerprint density at radius 1 is 0.288 bits per heavy atom. The molecule has 73 heavy (non-hydrogen) atoms. The fourth-order valence-corrected chi connectivity index (χ4v) is 8.52. The number of esters is 3. The maximum Gasteiger partial charge on any atom is 0.306 e. The van der Waals surface area contributed by atoms with Crippen LogP contribution in [0.4, 0.5) is 0 Å². The molecule has 1 atom stereocenters. The Hall–Kier alpha value is -3.67. The summed E-state index contributed by atoms with van der Waals surface area (Å²) >= 11 is 0. The third-order valence-corrected chi connectivity index (χ3v) is 13.1. The van der Waals surface area contributed by atoms with Gasteiger partial charge < -0.3 is 14.2 Å². The van der Waals surface area contributed by atoms with E-state index in [2.05, 4.69) is 118 Å². The standard InChI is InChI=1S/C67H114O6/c1-4-7-10-13-16-18-20-22-24-25-26-27-28-29-30-31-32-33-34-35-36-37-38-39-40-41-42-43-44-46-47-49-51-54-57-60-66(69)72-63-64(62-71-65(68)59-56-53-15-12-9-6-3)73-67(70)61-58-55-52-50-48-45-23-21-19-17-14-11-8-5-2/h7,10,16,18,22,24,26-27,29-30,32-33,35-36,38-39,64H,4-6,8-9,11-15,17,19-21,23,25,28,31,34,37,40-63H2,1-3H3/b10-7-,18-16-,24-22-,27-26-,30-29-,33-32-,36-35-,39-38-. The monoisotopic (exact) mass is 1010 g/mol. The van der Waals surface area contributed by atoms with E-state index in [0.717, 1.165) is 109 Å². The summed E-state index contributed by atoms with van der Waals surface area (Å²) in [6.45, 7) is 6.48. The molecule has 6 heteroatoms. The third-order valence-electron chi connectivity index (χ3n) is 13.1. The Labute approximate surface area is 451 Å². The van der Waals surface area contributed by atoms with Gasteiger partial charge in [-0.05, 0) is 83.5 Å². The molecule has 0 saturated heterocycles. The van der Waals surface area contributed by atoms with Crippen LogP contribution in [0, 0.1) is 0 Å². The highest BCUT2D eigenvalue weighted by Gasteiger charge is 2.19. The smallest absolute Gasteiger partial charge is 0.306 e. The van der Waals surface area contributed by atoms with Gasteiger partial charge in [-0.1, -0.05) is 285 Å². The van der Waals surface area contributed by atoms with Gasteiger partial charge in [0.1, 0.15) is 13.2 Å². The maximum absolute atomic E-state index is 12.8. The average molecular weight is 1020 g/mol. The summed E-state index contributed by atoms with van der Waals surface area (Å²) in [4.78, 5) is 37.9. The molecule has 1 unspecified atom stereocenters. The number of carbonyl (C=O) groups excluding carboxylic acids is 3. The molecule has 0 aliphatic carbocycles. The van der Waals surface area contributed by atoms with Gasteiger partial charge in [-0.25, -0.2) is 0 Å². The number of carbonyl (C=O) groups is 3. The molecule has 0 spiro atoms. The molecule has 0 aliphatic rings. The van der Waals surface area contributed by atoms with Gasteiger partial charge in [0.15, 0.2) is 6.10 Å². The van der Waals surface area contributed by atoms with Crippen molar-refractivity contribution in [1.29, 1.82) is 0 Å². The Bertz CT molecular complexity index is 1440. The van der Waals surface area contributed by atoms with Crippen molar-refractivity contribution < 1.29 is 28.6 Å². The molecule has 418 valence electrons. The summed E-state index contributed by atoms with van der Waals surface area (Å²) in [6, 6.07) is 0. The number of ether oxygens (including phenoxy) is 3. The first-order valence-corrected chi connectivity index (χ1v) is 30.7. The van der Waals surface area contributed by atoms with Crippen LogP contribution in [0.1, 0.15) is 290 Å². The average Bonchev–Trinajstić information content (AvgIpc) is 3.39. The molecule has 0 saturated carbocycles. The Kier molecular flexibility index (Phi) is 57.8. The molecular formula is C67H114O6. The van der Waals surface area contributed by atoms with Gasteiger partial charge in [-0.2, -0.15) is 0 Å². The molecule has 0 radical (unpaired) electrons. The lowest BCUT2D eigenvalue weighted by molar-refractivity contribution is -0.167. The fourth-order valence-electron chi connectivity index (χ4n) is 8.52. The van der Waals surface area contributed by atoms with Crippen LogP contribution in [0.25, 0.3) is 0 Å². The summed E-state index contributed by atoms with van der Waals surface area (Å²) in [6.07, 6.45) is 81.6. The van der Waals surface area contributed by atoms with Crippen molar-refractivity contribution in [3.63, 3.8) is 0 Å². The van der Waals surface area contributed by atoms with E-state index in [1.807, 2.05) is 0 Å². The predicted octanol–water partition coefficient (Wildman–Crippen LogP) is 20.9. The number of unbranched alkanes of at least 4 members (excludes halogenated alkanes) is 28. The van der Waals surface area contributed by atoms with Gasteiger partial charge in [0.05, 0.1) is 0 Å². The van der Waals surface area contributed by atoms with Gasteiger partial charge in [0, 0.05) is 19.3 Å². The molecule has 0 aromatic heterocycles. The van der Waals surface area contributed by atoms with E-state index in [-0.39, 0.29) is 31.1 Å². The maximum atomic E-state index is 12.8. The van der Waals surface area contributed by atoms with Crippen LogP contribution in [0.3, 0.4) is 0 Å². The minimum absolute atomic E-state index is 0.0748. The largest absolute Gasteiger partial charge is 0.462 e. The Balaban J connectivity index is 4.03. The van der Waals surface area contributed by atoms with Crippen LogP contribution in [0.15, 0.2) is 97.2 Å². The SMILES string of the molecule is CC/C=C\C/C=C\C/C=C\C/C=C\C/C=C\C/C=C\C/C=C\C/C=C\CCCCCCCCCCCCC(=O)OCC(COC(=O)CCCCCCCC)OC(=O)CCCCCCCCCCCCCCCC. The number of rotatable bonds is 55. The van der Waals surface area contributed by atoms with Crippen molar-refractivity contribution in [3.8, 4) is 0 Å². The Morgan fingerprint density at radius 3 is 0.836 bits per heavy atom. The molecule has 0 fully saturated rings. The molecule has 0 aliphatic heterocycles. The van der Waals surface area contributed by atoms with Crippen molar-refractivity contribution in [2.45, 2.75) is 297 Å². The van der Waals surface area contributed by atoms with Gasteiger partial charge >= 0.3 is 17.9 Å². The van der Waals surface area contributed by atoms with E-state index in [0.29, 0.717) is 19.3 Å². The lowest BCUT2D eigenvalue weighted by Gasteiger charge is -2.18. The van der Waals surface area contributed by atoms with Gasteiger partial charge in [0.25, 0.3) is 0 Å². The molecule has 6 nitrogen and oxygen atoms in total. The molecule has 0 aromatic carbocycles. The van der Waals surface area contributed by atoms with Crippen LogP contribution in [-0.4, -0.2) is 37.2 Å². The highest BCUT2D eigenvalue weighted by Crippen LogP contribution is 2.16. The molecule has 0 N–H and O–H groups in total. The first kappa shape index (κ1) is 69.3. The normalized spacial score (nSPS) is 12.8. The number of hydrogen-bond donors (Lipinski definition) is 0. The fraction of sp³-hybridized carbons (Fsp3) is 0.716. The molecule has 0 aromatic rings. The van der Waals surface area contributed by atoms with E-state index in [4.69, 9.17) is 14.2 Å². The summed E-state index contributed by atoms with van der Waals surface area (Å²) in [7, 11) is 0. The van der Waals surface area contributed by atoms with Crippen LogP contribution in [0.5, 0.6) is 0 Å². The van der Waals surface area contributed by atoms with Gasteiger partial charge in [-0.3, -0.25) is 14.4 Å². The predicted molar refractivity (Wildman–Crippen MR) is 316 cm³/mol. The number of allylic oxidation sites excluding steroid dienone is 16. The molecule has 0 amide bonds. The summed E-state index contributed by atoms with van der Waals surface area (Å²) in [5.74, 6) is -0.882. The van der Waals surface area contributed by atoms with E-state index >= 15 is 0 Å². The summed E-state index contributed by atoms with van der Waals surface area (Å²) < 4.78 is 16.8. The van der Waals surface area contributed by atoms with Crippen molar-refractivity contribution in [2.75, 3.05) is 13.2 Å². The van der Waals surface area contributed by atoms with Crippen molar-refractivity contribution in [1.82, 2.24) is 0 Å². The van der Waals surface area contributed by atoms with Gasteiger partial charge in [-0.15, -0.1) is 0 Å². The zero-order valence-corrected chi connectivity index (χ0v) is 47.9. The van der Waals surface area contributed by atoms with E-state index < -0.39 is 6.10 Å². The summed E-state index contributed by atoms with van der Waals surface area (Å²) in [5.41, 5.74) is 0. The quantitative estimate of drug-likeness (QED) is 0.0261. The topological polar surface area (TPSA) is 78.9 Å². The zero-order valence-electron chi connectivity index (χ0n) is 47.9. The summed E-state index contributed by atoms with van der Waals surface area (Å²) in [5, 5.41) is 0. The van der Waals surface area contributed by atoms with Crippen molar-refractivity contribution in [2.24, 2.45) is 0 Å². The molecule has 0 bridgehead atoms. The van der Waals surface area contributed by atoms with Crippen molar-refractivity contribution in [3.05, 3.63) is 97.2 Å². The second-order valence-electron chi connectivity index (χ2n) is 20.2. The highest BCUT2D eigenvalue weighted by atomic mass is 16.6. The third kappa shape index (κ3) is 59.1. The lowest BCUT2D eigenvalue weighted by Crippen LogP contribution is -2.30. The molecular weight excluding hydrogens is 901 g/mol. The van der Waals surface area contributed by atoms with Gasteiger partial charge in [0.2, 0.25) is 0 Å². The van der Waals surface area contributed by atoms with E-state index in [1.54, 1.807) is 0 Å². The van der Waals surface area contributed by atoms with E-state index in [1.165, 1.54) is 141 Å². The molecule has 0 rings (SSSR count). The zero-order chi connectivity index (χ0) is 52.9. The van der Waals surface area contributed by atoms with Crippen molar-refractivity contribution >= 4 is 17.9 Å². The lowest BCUT2D eigenvalue weighted by atomic mass is 10.0. The Morgan fingerprint density at radius 2 is 0.534 bits per heavy atom. The minimum Gasteiger partial charge on any atom is -0.462 e. The molecule has 0 heterocycles. The van der Waals surface area contributed by atoms with E-state index in [9.17, 15) is 14.4 Å². The second-order valence-corrected chi connectivity index (χ2v) is 20.2. The second kappa shape index (κ2) is 60.9. The first-order valence-electron chi connectivity index (χ1n) is 30.7. The highest BCUT2D eigenvalue weighted by molar-refractivity contribution is 5.71. The van der Waals surface area contributed by atoms with Crippen LogP contribution >= 0.6 is 0 Å². The van der Waals surface area contributed by atoms with Crippen LogP contribution in [-0.2, 0) is 28.6 Å². The minimum atomic E-state index is -0.772. The van der Waals surface area contributed by atoms with Crippen LogP contribution in [0.2, 0.25) is 0 Å². The van der Waals surface area contributed by atoms with Crippen LogP contribution < -0.4 is 0 Å². The first-order chi connectivity index (χ1) is 36.0.